The number of aromatic amines is 1. The number of benzene rings is 3. The highest BCUT2D eigenvalue weighted by molar-refractivity contribution is 5.79. The molecule has 1 aliphatic rings. The van der Waals surface area contributed by atoms with Crippen LogP contribution >= 0.6 is 0 Å². The molecule has 1 amide bonds. The Morgan fingerprint density at radius 2 is 1.67 bits per heavy atom. The molecule has 1 aliphatic heterocycles. The van der Waals surface area contributed by atoms with Crippen LogP contribution in [0.15, 0.2) is 72.8 Å². The number of imidazole rings is 1. The number of methoxy groups -OCH3 is 1. The molecular formula is C27H28N4O2. The van der Waals surface area contributed by atoms with Crippen LogP contribution in [0, 0.1) is 0 Å². The third-order valence-corrected chi connectivity index (χ3v) is 6.25. The molecule has 5 rings (SSSR count). The lowest BCUT2D eigenvalue weighted by Gasteiger charge is -2.34. The molecule has 0 unspecified atom stereocenters. The van der Waals surface area contributed by atoms with Crippen LogP contribution in [0.2, 0.25) is 0 Å². The van der Waals surface area contributed by atoms with Gasteiger partial charge in [0.2, 0.25) is 5.91 Å². The largest absolute Gasteiger partial charge is 0.497 e. The first kappa shape index (κ1) is 21.2. The van der Waals surface area contributed by atoms with Crippen LogP contribution in [-0.4, -0.2) is 59.0 Å². The molecule has 1 saturated heterocycles. The highest BCUT2D eigenvalue weighted by atomic mass is 16.5. The lowest BCUT2D eigenvalue weighted by molar-refractivity contribution is -0.132. The van der Waals surface area contributed by atoms with Crippen LogP contribution in [0.1, 0.15) is 11.4 Å². The first-order valence-corrected chi connectivity index (χ1v) is 11.3. The second kappa shape index (κ2) is 9.46. The number of amides is 1. The summed E-state index contributed by atoms with van der Waals surface area (Å²) in [4.78, 5) is 25.2. The minimum atomic E-state index is 0.193. The van der Waals surface area contributed by atoms with Gasteiger partial charge >= 0.3 is 0 Å². The maximum atomic E-state index is 12.8. The summed E-state index contributed by atoms with van der Waals surface area (Å²) in [6.07, 6.45) is 0.445. The Kier molecular flexibility index (Phi) is 6.09. The Morgan fingerprint density at radius 3 is 2.39 bits per heavy atom. The van der Waals surface area contributed by atoms with E-state index < -0.39 is 0 Å². The van der Waals surface area contributed by atoms with Gasteiger partial charge < -0.3 is 14.6 Å². The average molecular weight is 441 g/mol. The number of piperazine rings is 1. The molecule has 0 aliphatic carbocycles. The van der Waals surface area contributed by atoms with E-state index in [2.05, 4.69) is 51.3 Å². The Bertz CT molecular complexity index is 1230. The number of ether oxygens (including phenoxy) is 1. The smallest absolute Gasteiger partial charge is 0.227 e. The minimum Gasteiger partial charge on any atom is -0.497 e. The van der Waals surface area contributed by atoms with Crippen molar-refractivity contribution in [3.8, 4) is 16.9 Å². The predicted octanol–water partition coefficient (Wildman–Crippen LogP) is 4.13. The lowest BCUT2D eigenvalue weighted by Crippen LogP contribution is -2.48. The number of nitrogens with zero attached hydrogens (tertiary/aromatic N) is 3. The Balaban J connectivity index is 1.14. The van der Waals surface area contributed by atoms with Crippen molar-refractivity contribution >= 4 is 16.9 Å². The van der Waals surface area contributed by atoms with E-state index in [1.807, 2.05) is 41.3 Å². The van der Waals surface area contributed by atoms with Crippen LogP contribution in [0.3, 0.4) is 0 Å². The van der Waals surface area contributed by atoms with Gasteiger partial charge in [0.05, 0.1) is 31.1 Å². The van der Waals surface area contributed by atoms with Gasteiger partial charge in [-0.1, -0.05) is 54.6 Å². The first-order chi connectivity index (χ1) is 16.2. The molecule has 0 atom stereocenters. The van der Waals surface area contributed by atoms with E-state index in [1.54, 1.807) is 7.11 Å². The van der Waals surface area contributed by atoms with E-state index in [9.17, 15) is 4.79 Å². The van der Waals surface area contributed by atoms with E-state index in [0.29, 0.717) is 6.42 Å². The number of carbonyl (C=O) groups is 1. The zero-order valence-corrected chi connectivity index (χ0v) is 18.8. The van der Waals surface area contributed by atoms with Gasteiger partial charge in [0.15, 0.2) is 0 Å². The third kappa shape index (κ3) is 4.91. The molecule has 3 aromatic carbocycles. The van der Waals surface area contributed by atoms with Gasteiger partial charge in [-0.15, -0.1) is 0 Å². The van der Waals surface area contributed by atoms with Crippen molar-refractivity contribution in [3.05, 3.63) is 84.2 Å². The second-order valence-corrected chi connectivity index (χ2v) is 8.46. The van der Waals surface area contributed by atoms with Gasteiger partial charge in [0.25, 0.3) is 0 Å². The zero-order valence-electron chi connectivity index (χ0n) is 18.8. The monoisotopic (exact) mass is 440 g/mol. The summed E-state index contributed by atoms with van der Waals surface area (Å²) in [5.41, 5.74) is 5.34. The summed E-state index contributed by atoms with van der Waals surface area (Å²) in [5.74, 6) is 1.95. The summed E-state index contributed by atoms with van der Waals surface area (Å²) >= 11 is 0. The topological polar surface area (TPSA) is 61.5 Å². The van der Waals surface area contributed by atoms with Crippen molar-refractivity contribution in [2.45, 2.75) is 13.0 Å². The Labute approximate surface area is 193 Å². The Hall–Kier alpha value is -3.64. The number of hydrogen-bond acceptors (Lipinski definition) is 4. The summed E-state index contributed by atoms with van der Waals surface area (Å²) in [6.45, 7) is 3.93. The molecule has 0 radical (unpaired) electrons. The summed E-state index contributed by atoms with van der Waals surface area (Å²) < 4.78 is 5.29. The van der Waals surface area contributed by atoms with E-state index in [0.717, 1.165) is 60.9 Å². The molecule has 168 valence electrons. The zero-order chi connectivity index (χ0) is 22.6. The number of aromatic nitrogens is 2. The lowest BCUT2D eigenvalue weighted by atomic mass is 10.0. The van der Waals surface area contributed by atoms with Gasteiger partial charge in [-0.2, -0.15) is 0 Å². The van der Waals surface area contributed by atoms with Gasteiger partial charge in [0.1, 0.15) is 11.6 Å². The molecule has 0 saturated carbocycles. The summed E-state index contributed by atoms with van der Waals surface area (Å²) in [7, 11) is 1.67. The molecule has 6 nitrogen and oxygen atoms in total. The number of fused-ring (bicyclic) bond motifs is 1. The maximum absolute atomic E-state index is 12.8. The van der Waals surface area contributed by atoms with E-state index in [4.69, 9.17) is 4.74 Å². The SMILES string of the molecule is COc1ccc2nc(CN3CCN(C(=O)Cc4ccc(-c5ccccc5)cc4)CC3)[nH]c2c1. The van der Waals surface area contributed by atoms with E-state index in [1.165, 1.54) is 11.1 Å². The number of carbonyl (C=O) groups excluding carboxylic acids is 1. The molecule has 6 heteroatoms. The Morgan fingerprint density at radius 1 is 0.939 bits per heavy atom. The molecule has 1 aromatic heterocycles. The molecule has 2 heterocycles. The number of rotatable bonds is 6. The van der Waals surface area contributed by atoms with Crippen molar-refractivity contribution in [3.63, 3.8) is 0 Å². The highest BCUT2D eigenvalue weighted by Gasteiger charge is 2.22. The van der Waals surface area contributed by atoms with Crippen LogP contribution in [0.5, 0.6) is 5.75 Å². The van der Waals surface area contributed by atoms with E-state index >= 15 is 0 Å². The number of hydrogen-bond donors (Lipinski definition) is 1. The summed E-state index contributed by atoms with van der Waals surface area (Å²) in [6, 6.07) is 24.5. The van der Waals surface area contributed by atoms with Crippen molar-refractivity contribution in [2.75, 3.05) is 33.3 Å². The fraction of sp³-hybridized carbons (Fsp3) is 0.259. The van der Waals surface area contributed by atoms with Crippen LogP contribution < -0.4 is 4.74 Å². The molecule has 1 fully saturated rings. The number of nitrogens with one attached hydrogen (secondary N) is 1. The average Bonchev–Trinajstić information content (AvgIpc) is 3.27. The van der Waals surface area contributed by atoms with E-state index in [-0.39, 0.29) is 5.91 Å². The van der Waals surface area contributed by atoms with Crippen molar-refractivity contribution < 1.29 is 9.53 Å². The number of H-pyrrole nitrogens is 1. The fourth-order valence-corrected chi connectivity index (χ4v) is 4.34. The highest BCUT2D eigenvalue weighted by Crippen LogP contribution is 2.21. The fourth-order valence-electron chi connectivity index (χ4n) is 4.34. The van der Waals surface area contributed by atoms with Gasteiger partial charge in [-0.3, -0.25) is 9.69 Å². The quantitative estimate of drug-likeness (QED) is 0.490. The van der Waals surface area contributed by atoms with Crippen molar-refractivity contribution in [1.82, 2.24) is 19.8 Å². The van der Waals surface area contributed by atoms with Gasteiger partial charge in [0, 0.05) is 32.2 Å². The van der Waals surface area contributed by atoms with Crippen molar-refractivity contribution in [1.29, 1.82) is 0 Å². The maximum Gasteiger partial charge on any atom is 0.227 e. The molecule has 0 spiro atoms. The summed E-state index contributed by atoms with van der Waals surface area (Å²) in [5, 5.41) is 0. The first-order valence-electron chi connectivity index (χ1n) is 11.3. The molecular weight excluding hydrogens is 412 g/mol. The normalized spacial score (nSPS) is 14.5. The molecule has 0 bridgehead atoms. The molecule has 1 N–H and O–H groups in total. The van der Waals surface area contributed by atoms with Crippen LogP contribution in [0.4, 0.5) is 0 Å². The van der Waals surface area contributed by atoms with Gasteiger partial charge in [-0.25, -0.2) is 4.98 Å². The predicted molar refractivity (Wildman–Crippen MR) is 130 cm³/mol. The second-order valence-electron chi connectivity index (χ2n) is 8.46. The van der Waals surface area contributed by atoms with Crippen LogP contribution in [-0.2, 0) is 17.8 Å². The third-order valence-electron chi connectivity index (χ3n) is 6.25. The van der Waals surface area contributed by atoms with Gasteiger partial charge in [-0.05, 0) is 28.8 Å². The molecule has 4 aromatic rings. The standard InChI is InChI=1S/C27H28N4O2/c1-33-23-11-12-24-25(18-23)29-26(28-24)19-30-13-15-31(16-14-30)27(32)17-20-7-9-22(10-8-20)21-5-3-2-4-6-21/h2-12,18H,13-17,19H2,1H3,(H,28,29). The molecule has 33 heavy (non-hydrogen) atoms. The minimum absolute atomic E-state index is 0.193. The van der Waals surface area contributed by atoms with Crippen molar-refractivity contribution in [2.24, 2.45) is 0 Å². The van der Waals surface area contributed by atoms with Crippen LogP contribution in [0.25, 0.3) is 22.2 Å².